The smallest absolute Gasteiger partial charge is 0.0675 e. The summed E-state index contributed by atoms with van der Waals surface area (Å²) in [6.07, 6.45) is 0. The van der Waals surface area contributed by atoms with E-state index in [1.165, 1.54) is 0 Å². The van der Waals surface area contributed by atoms with Crippen molar-refractivity contribution in [2.75, 3.05) is 0 Å². The average Bonchev–Trinajstić information content (AvgIpc) is 3.01. The Morgan fingerprint density at radius 1 is 0.167 bits per heavy atom. The number of halogens is 40. The number of alkyl halides is 37. The lowest BCUT2D eigenvalue weighted by Gasteiger charge is -2.62. The summed E-state index contributed by atoms with van der Waals surface area (Å²) in [6.45, 7) is 0. The summed E-state index contributed by atoms with van der Waals surface area (Å²) in [7, 11) is 0. The quantitative estimate of drug-likeness (QED) is 0.127. The van der Waals surface area contributed by atoms with Gasteiger partial charge in [-0.05, 0) is 31.9 Å². The summed E-state index contributed by atoms with van der Waals surface area (Å²) in [4.78, 5) is 0. The van der Waals surface area contributed by atoms with Crippen LogP contribution in [0.15, 0.2) is 7.87 Å². The van der Waals surface area contributed by atoms with Gasteiger partial charge in [-0.3, -0.25) is 0 Å². The number of hydrogen-bond acceptors (Lipinski definition) is 0. The van der Waals surface area contributed by atoms with Crippen LogP contribution in [0.2, 0.25) is 0 Å². The van der Waals surface area contributed by atoms with Crippen LogP contribution in [0.25, 0.3) is 0 Å². The minimum absolute atomic E-state index is 0.632. The van der Waals surface area contributed by atoms with E-state index in [1.807, 2.05) is 0 Å². The lowest BCUT2D eigenvalue weighted by atomic mass is 10.0. The molecule has 0 aromatic rings. The highest BCUT2D eigenvalue weighted by molar-refractivity contribution is 9.43. The maximum atomic E-state index is 4.05. The van der Waals surface area contributed by atoms with Crippen molar-refractivity contribution in [3.63, 3.8) is 0 Å². The molecule has 0 fully saturated rings. The van der Waals surface area contributed by atoms with Crippen molar-refractivity contribution in [2.45, 2.75) is 57.1 Å². The van der Waals surface area contributed by atoms with Crippen molar-refractivity contribution < 1.29 is 0 Å². The van der Waals surface area contributed by atoms with Crippen molar-refractivity contribution >= 4 is 637 Å². The van der Waals surface area contributed by atoms with Crippen LogP contribution in [0, 0.1) is 0 Å². The molecule has 0 aliphatic rings. The second-order valence-corrected chi connectivity index (χ2v) is 79.6. The molecule has 0 atom stereocenters. The van der Waals surface area contributed by atoms with E-state index in [4.69, 9.17) is 0 Å². The molecule has 0 aromatic heterocycles. The zero-order valence-electron chi connectivity index (χ0n) is 25.1. The van der Waals surface area contributed by atoms with E-state index >= 15 is 0 Å². The number of rotatable bonds is 17. The van der Waals surface area contributed by atoms with Crippen LogP contribution in [-0.4, -0.2) is 57.1 Å². The first-order chi connectivity index (χ1) is 25.1. The van der Waals surface area contributed by atoms with Gasteiger partial charge < -0.3 is 0 Å². The Labute approximate surface area is 684 Å². The molecule has 0 unspecified atom stereocenters. The summed E-state index contributed by atoms with van der Waals surface area (Å²) in [5.74, 6) is 0. The maximum absolute atomic E-state index is 4.05. The molecule has 0 aliphatic heterocycles. The van der Waals surface area contributed by atoms with Crippen LogP contribution in [-0.2, 0) is 0 Å². The number of allylic oxidation sites excluding steroid dienone is 1. The van der Waals surface area contributed by atoms with Crippen LogP contribution in [0.3, 0.4) is 0 Å². The van der Waals surface area contributed by atoms with Gasteiger partial charge in [0.15, 0.2) is 2.14 Å². The van der Waals surface area contributed by atoms with Crippen molar-refractivity contribution in [1.82, 2.24) is 0 Å². The van der Waals surface area contributed by atoms with Crippen molar-refractivity contribution in [3.8, 4) is 0 Å². The molecule has 0 N–H and O–H groups in total. The molecular weight excluding hydrogens is 3440 g/mol. The van der Waals surface area contributed by atoms with Crippen LogP contribution in [0.1, 0.15) is 0 Å². The van der Waals surface area contributed by atoms with Crippen LogP contribution >= 0.6 is 637 Å². The van der Waals surface area contributed by atoms with Crippen LogP contribution < -0.4 is 0 Å². The monoisotopic (exact) mass is 3400 g/mol. The molecule has 0 radical (unpaired) electrons. The molecule has 0 spiro atoms. The summed E-state index contributed by atoms with van der Waals surface area (Å²) in [6, 6.07) is 0. The SMILES string of the molecule is BrC(Br)=C(Br)C(Br)(Br)C(Br)(Br)C(Br)(Br)C(Br)(Br)C(Br)(Br)C(Br)(Br)C(Br)(Br)C(Br)(Br)C(Br)(Br)C(Br)(Br)C(Br)(Br)C(Br)(Br)C(Br)(Br)C(Br)(Br)C(Br)(Br)C(Br)(Br)C(Br)(Br)C(Br)(Br)Br. The molecule has 360 valence electrons. The Bertz CT molecular complexity index is 1610. The van der Waals surface area contributed by atoms with E-state index < -0.39 is 57.1 Å². The van der Waals surface area contributed by atoms with E-state index in [0.29, 0.717) is 7.87 Å². The molecule has 40 heteroatoms. The summed E-state index contributed by atoms with van der Waals surface area (Å²) in [5, 5.41) is 0. The van der Waals surface area contributed by atoms with E-state index in [-0.39, 0.29) is 0 Å². The zero-order chi connectivity index (χ0) is 50.2. The molecule has 0 saturated carbocycles. The van der Waals surface area contributed by atoms with Gasteiger partial charge in [0.1, 0.15) is 55.0 Å². The van der Waals surface area contributed by atoms with Gasteiger partial charge in [-0.15, -0.1) is 0 Å². The molecule has 0 bridgehead atoms. The van der Waals surface area contributed by atoms with Gasteiger partial charge in [0.2, 0.25) is 0 Å². The van der Waals surface area contributed by atoms with E-state index in [9.17, 15) is 0 Å². The minimum Gasteiger partial charge on any atom is -0.0675 e. The predicted molar refractivity (Wildman–Crippen MR) is 413 cm³/mol. The van der Waals surface area contributed by atoms with Crippen LogP contribution in [0.4, 0.5) is 0 Å². The third-order valence-electron chi connectivity index (χ3n) is 7.11. The summed E-state index contributed by atoms with van der Waals surface area (Å²) in [5.41, 5.74) is 0. The van der Waals surface area contributed by atoms with Crippen molar-refractivity contribution in [3.05, 3.63) is 7.87 Å². The maximum Gasteiger partial charge on any atom is 0.162 e. The van der Waals surface area contributed by atoms with E-state index in [2.05, 4.69) is 637 Å². The third kappa shape index (κ3) is 13.4. The standard InChI is InChI=1S/C20Br40/c21-1(2(22)23)3(24,25)4(26,27)5(28,29)6(30,31)7(32,33)8(34,35)9(36,37)10(38,39)11(40,41)12(42,43)13(44,45)14(46,47)15(48,49)16(50,51)17(52,53)18(54,55)19(56,57)20(58,59)60. The Morgan fingerprint density at radius 2 is 0.283 bits per heavy atom. The van der Waals surface area contributed by atoms with Gasteiger partial charge in [0, 0.05) is 4.48 Å². The van der Waals surface area contributed by atoms with Gasteiger partial charge in [-0.2, -0.15) is 0 Å². The molecule has 0 heterocycles. The first-order valence-corrected chi connectivity index (χ1v) is 44.0. The summed E-state index contributed by atoms with van der Waals surface area (Å²) >= 11 is 157. The van der Waals surface area contributed by atoms with Gasteiger partial charge in [-0.1, -0.05) is 605 Å². The molecule has 0 amide bonds. The highest BCUT2D eigenvalue weighted by Crippen LogP contribution is 2.84. The van der Waals surface area contributed by atoms with Crippen LogP contribution in [0.5, 0.6) is 0 Å². The Morgan fingerprint density at radius 3 is 0.400 bits per heavy atom. The Balaban J connectivity index is 7.94. The van der Waals surface area contributed by atoms with Gasteiger partial charge >= 0.3 is 0 Å². The topological polar surface area (TPSA) is 0 Å². The molecule has 60 heavy (non-hydrogen) atoms. The second kappa shape index (κ2) is 26.1. The minimum atomic E-state index is -1.38. The zero-order valence-corrected chi connectivity index (χ0v) is 88.6. The molecule has 0 saturated heterocycles. The van der Waals surface area contributed by atoms with Crippen molar-refractivity contribution in [1.29, 1.82) is 0 Å². The first-order valence-electron chi connectivity index (χ1n) is 12.3. The highest BCUT2D eigenvalue weighted by Gasteiger charge is 2.84. The fourth-order valence-electron chi connectivity index (χ4n) is 3.39. The highest BCUT2D eigenvalue weighted by atomic mass is 80.0. The molecule has 0 nitrogen and oxygen atoms in total. The average molecular weight is 3440 g/mol. The molecule has 0 rings (SSSR count). The lowest BCUT2D eigenvalue weighted by Crippen LogP contribution is -2.74. The van der Waals surface area contributed by atoms with Crippen molar-refractivity contribution in [2.24, 2.45) is 0 Å². The Hall–Kier alpha value is 18.9. The molecular formula is C20Br40. The third-order valence-corrected chi connectivity index (χ3v) is 90.1. The van der Waals surface area contributed by atoms with E-state index in [1.54, 1.807) is 0 Å². The fourth-order valence-corrected chi connectivity index (χ4v) is 43.6. The summed E-state index contributed by atoms with van der Waals surface area (Å²) < 4.78 is -21.2. The molecule has 0 aliphatic carbocycles. The fraction of sp³-hybridized carbons (Fsp3) is 0.900. The molecule has 0 aromatic carbocycles. The Kier molecular flexibility index (Phi) is 34.3. The number of hydrogen-bond donors (Lipinski definition) is 0. The van der Waals surface area contributed by atoms with Gasteiger partial charge in [-0.25, -0.2) is 0 Å². The predicted octanol–water partition coefficient (Wildman–Crippen LogP) is 30.4. The largest absolute Gasteiger partial charge is 0.162 e. The van der Waals surface area contributed by atoms with E-state index in [0.717, 1.165) is 0 Å². The normalized spacial score (nSPS) is 17.0. The van der Waals surface area contributed by atoms with Gasteiger partial charge in [0.05, 0.1) is 3.39 Å². The van der Waals surface area contributed by atoms with Gasteiger partial charge in [0.25, 0.3) is 0 Å². The lowest BCUT2D eigenvalue weighted by molar-refractivity contribution is 0.520. The second-order valence-electron chi connectivity index (χ2n) is 10.8. The first kappa shape index (κ1) is 78.9.